The average molecular weight is 974 g/mol. The smallest absolute Gasteiger partial charge is 0.0582 e. The number of benzene rings is 9. The highest BCUT2D eigenvalue weighted by Crippen LogP contribution is 2.57. The van der Waals surface area contributed by atoms with Crippen molar-refractivity contribution in [3.8, 4) is 27.9 Å². The van der Waals surface area contributed by atoms with Crippen LogP contribution in [0.2, 0.25) is 0 Å². The van der Waals surface area contributed by atoms with Crippen molar-refractivity contribution in [2.45, 2.75) is 98.3 Å². The first-order valence-corrected chi connectivity index (χ1v) is 27.1. The third-order valence-corrected chi connectivity index (χ3v) is 17.2. The minimum atomic E-state index is -0.249. The predicted octanol–water partition coefficient (Wildman–Crippen LogP) is 20.1. The zero-order valence-electron chi connectivity index (χ0n) is 45.3. The van der Waals surface area contributed by atoms with Crippen LogP contribution in [0.1, 0.15) is 110 Å². The normalized spacial score (nSPS) is 15.3. The van der Waals surface area contributed by atoms with Gasteiger partial charge in [-0.25, -0.2) is 0 Å². The van der Waals surface area contributed by atoms with E-state index in [-0.39, 0.29) is 21.7 Å². The minimum absolute atomic E-state index is 0.0771. The fourth-order valence-electron chi connectivity index (χ4n) is 13.0. The van der Waals surface area contributed by atoms with Crippen LogP contribution in [0, 0.1) is 5.41 Å². The molecule has 0 fully saturated rings. The van der Waals surface area contributed by atoms with E-state index in [1.807, 2.05) is 0 Å². The lowest BCUT2D eigenvalue weighted by molar-refractivity contribution is 0.479. The van der Waals surface area contributed by atoms with Gasteiger partial charge in [-0.1, -0.05) is 190 Å². The molecule has 10 aromatic rings. The Morgan fingerprint density at radius 2 is 0.920 bits per heavy atom. The van der Waals surface area contributed by atoms with Gasteiger partial charge < -0.3 is 14.4 Å². The summed E-state index contributed by atoms with van der Waals surface area (Å²) in [7, 11) is 0. The Morgan fingerprint density at radius 1 is 0.400 bits per heavy atom. The van der Waals surface area contributed by atoms with Crippen LogP contribution in [0.4, 0.5) is 28.4 Å². The highest BCUT2D eigenvalue weighted by molar-refractivity contribution is 6.17. The molecular formula is C72H67N3. The molecule has 0 N–H and O–H groups in total. The molecule has 0 amide bonds. The molecule has 1 aromatic heterocycles. The minimum Gasteiger partial charge on any atom is -0.314 e. The van der Waals surface area contributed by atoms with E-state index >= 15 is 0 Å². The first-order chi connectivity index (χ1) is 36.0. The molecule has 0 saturated heterocycles. The van der Waals surface area contributed by atoms with Gasteiger partial charge in [-0.2, -0.15) is 0 Å². The van der Waals surface area contributed by atoms with Gasteiger partial charge in [-0.05, 0) is 164 Å². The lowest BCUT2D eigenvalue weighted by atomic mass is 9.68. The molecule has 0 saturated carbocycles. The number of anilines is 5. The molecule has 0 unspecified atom stereocenters. The summed E-state index contributed by atoms with van der Waals surface area (Å²) < 4.78 is 2.66. The highest BCUT2D eigenvalue weighted by Gasteiger charge is 2.44. The average Bonchev–Trinajstić information content (AvgIpc) is 3.99. The lowest BCUT2D eigenvalue weighted by Crippen LogP contribution is -2.33. The molecule has 0 bridgehead atoms. The summed E-state index contributed by atoms with van der Waals surface area (Å²) in [5.41, 5.74) is 24.2. The number of fused-ring (bicyclic) bond motifs is 2. The number of nitrogens with zero attached hydrogens (tertiary/aromatic N) is 3. The molecule has 13 rings (SSSR count). The zero-order valence-corrected chi connectivity index (χ0v) is 45.3. The second-order valence-corrected chi connectivity index (χ2v) is 24.6. The maximum Gasteiger partial charge on any atom is 0.0582 e. The van der Waals surface area contributed by atoms with E-state index in [4.69, 9.17) is 0 Å². The van der Waals surface area contributed by atoms with Crippen LogP contribution in [0.25, 0.3) is 60.5 Å². The Kier molecular flexibility index (Phi) is 10.5. The van der Waals surface area contributed by atoms with Crippen molar-refractivity contribution in [3.05, 3.63) is 239 Å². The van der Waals surface area contributed by atoms with Crippen molar-refractivity contribution < 1.29 is 0 Å². The van der Waals surface area contributed by atoms with Gasteiger partial charge in [0.2, 0.25) is 0 Å². The van der Waals surface area contributed by atoms with Gasteiger partial charge in [0.25, 0.3) is 0 Å². The summed E-state index contributed by atoms with van der Waals surface area (Å²) in [5, 5.41) is 5.12. The number of para-hydroxylation sites is 3. The van der Waals surface area contributed by atoms with E-state index in [1.54, 1.807) is 0 Å². The fourth-order valence-corrected chi connectivity index (χ4v) is 13.0. The molecule has 3 nitrogen and oxygen atoms in total. The Hall–Kier alpha value is -7.88. The van der Waals surface area contributed by atoms with Crippen LogP contribution in [0.3, 0.4) is 0 Å². The van der Waals surface area contributed by atoms with E-state index in [9.17, 15) is 0 Å². The van der Waals surface area contributed by atoms with Crippen molar-refractivity contribution in [3.63, 3.8) is 0 Å². The van der Waals surface area contributed by atoms with Gasteiger partial charge in [0.15, 0.2) is 0 Å². The van der Waals surface area contributed by atoms with Gasteiger partial charge in [0, 0.05) is 55.4 Å². The molecule has 3 heterocycles. The number of aromatic nitrogens is 1. The van der Waals surface area contributed by atoms with Crippen LogP contribution in [0.15, 0.2) is 211 Å². The SMILES string of the molecule is CC(C)(C)C1=CC=C(N(c2ccccc2)c2ccc(-c3cc4c5c(c3)c3cc(-c6ccc(N(c7ccccc7)c7ccc(C(C)(C)C)cc7)cc6)cc6c3n5-c3c(cccc3C4(C)C)C6(C)C)c3ccccc23)CC1. The first-order valence-electron chi connectivity index (χ1n) is 27.1. The summed E-state index contributed by atoms with van der Waals surface area (Å²) in [6, 6.07) is 71.1. The summed E-state index contributed by atoms with van der Waals surface area (Å²) >= 11 is 0. The van der Waals surface area contributed by atoms with Gasteiger partial charge in [-0.15, -0.1) is 0 Å². The molecule has 370 valence electrons. The Morgan fingerprint density at radius 3 is 1.48 bits per heavy atom. The second-order valence-electron chi connectivity index (χ2n) is 24.6. The van der Waals surface area contributed by atoms with Crippen LogP contribution in [0.5, 0.6) is 0 Å². The quantitative estimate of drug-likeness (QED) is 0.150. The highest BCUT2D eigenvalue weighted by atomic mass is 15.2. The van der Waals surface area contributed by atoms with Gasteiger partial charge >= 0.3 is 0 Å². The third-order valence-electron chi connectivity index (χ3n) is 17.2. The number of hydrogen-bond donors (Lipinski definition) is 0. The zero-order chi connectivity index (χ0) is 51.8. The topological polar surface area (TPSA) is 11.4 Å². The fraction of sp³-hybridized carbons (Fsp3) is 0.222. The van der Waals surface area contributed by atoms with Gasteiger partial charge in [0.1, 0.15) is 0 Å². The summed E-state index contributed by atoms with van der Waals surface area (Å²) in [6.07, 6.45) is 6.79. The predicted molar refractivity (Wildman–Crippen MR) is 320 cm³/mol. The molecule has 0 spiro atoms. The summed E-state index contributed by atoms with van der Waals surface area (Å²) in [5.74, 6) is 0. The van der Waals surface area contributed by atoms with Gasteiger partial charge in [0.05, 0.1) is 22.4 Å². The second kappa shape index (κ2) is 16.8. The van der Waals surface area contributed by atoms with E-state index in [2.05, 4.69) is 284 Å². The molecule has 1 aliphatic carbocycles. The van der Waals surface area contributed by atoms with Crippen molar-refractivity contribution in [1.82, 2.24) is 4.57 Å². The van der Waals surface area contributed by atoms with E-state index in [0.29, 0.717) is 0 Å². The summed E-state index contributed by atoms with van der Waals surface area (Å²) in [6.45, 7) is 23.6. The molecule has 75 heavy (non-hydrogen) atoms. The van der Waals surface area contributed by atoms with Crippen LogP contribution < -0.4 is 9.80 Å². The van der Waals surface area contributed by atoms with Crippen LogP contribution >= 0.6 is 0 Å². The van der Waals surface area contributed by atoms with E-state index < -0.39 is 0 Å². The van der Waals surface area contributed by atoms with Crippen LogP contribution in [-0.4, -0.2) is 4.57 Å². The molecule has 3 heteroatoms. The van der Waals surface area contributed by atoms with Crippen molar-refractivity contribution in [1.29, 1.82) is 0 Å². The summed E-state index contributed by atoms with van der Waals surface area (Å²) in [4.78, 5) is 4.88. The molecule has 0 atom stereocenters. The maximum atomic E-state index is 2.66. The first kappa shape index (κ1) is 46.9. The maximum absolute atomic E-state index is 2.66. The van der Waals surface area contributed by atoms with Crippen LogP contribution in [-0.2, 0) is 16.2 Å². The monoisotopic (exact) mass is 974 g/mol. The Labute approximate surface area is 444 Å². The largest absolute Gasteiger partial charge is 0.314 e. The Bertz CT molecular complexity index is 3980. The van der Waals surface area contributed by atoms with E-state index in [1.165, 1.54) is 111 Å². The van der Waals surface area contributed by atoms with Crippen molar-refractivity contribution >= 4 is 61.0 Å². The molecule has 0 radical (unpaired) electrons. The Balaban J connectivity index is 0.999. The molecular weight excluding hydrogens is 907 g/mol. The molecule has 3 aliphatic rings. The third kappa shape index (κ3) is 7.37. The molecule has 9 aromatic carbocycles. The van der Waals surface area contributed by atoms with E-state index in [0.717, 1.165) is 29.9 Å². The number of rotatable bonds is 8. The van der Waals surface area contributed by atoms with Gasteiger partial charge in [-0.3, -0.25) is 0 Å². The number of hydrogen-bond acceptors (Lipinski definition) is 2. The number of allylic oxidation sites excluding steroid dienone is 4. The standard InChI is InChI=1S/C72H67N3/c1-69(2,3)49-30-36-54(37-31-49)73(51-20-13-11-14-21-51)53-34-28-46(29-35-53)47-42-59-60-43-48(45-64-67(60)75-66(59)63(44-47)71(7,8)61-26-19-27-62(68(61)75)72(64,9)10)56-40-41-65(58-25-18-17-24-57(56)58)74(52-22-15-12-16-23-52)55-38-32-50(33-39-55)70(4,5)6/h11-32,34-38,40-45H,33,39H2,1-10H3. The lowest BCUT2D eigenvalue weighted by Gasteiger charge is -2.42. The van der Waals surface area contributed by atoms with Crippen molar-refractivity contribution in [2.24, 2.45) is 5.41 Å². The molecule has 2 aliphatic heterocycles. The van der Waals surface area contributed by atoms with Crippen molar-refractivity contribution in [2.75, 3.05) is 9.80 Å².